The maximum absolute atomic E-state index is 11.8. The highest BCUT2D eigenvalue weighted by molar-refractivity contribution is 7.86. The summed E-state index contributed by atoms with van der Waals surface area (Å²) in [6.45, 7) is 1.39. The molecule has 1 aromatic heterocycles. The molecule has 1 aliphatic carbocycles. The van der Waals surface area contributed by atoms with Crippen molar-refractivity contribution >= 4 is 15.8 Å². The van der Waals surface area contributed by atoms with Gasteiger partial charge in [-0.15, -0.1) is 5.10 Å². The number of hydrogen-bond acceptors (Lipinski definition) is 6. The molecular formula is C10H15N3O5S. The number of rotatable bonds is 5. The van der Waals surface area contributed by atoms with Gasteiger partial charge in [-0.25, -0.2) is 0 Å². The first-order chi connectivity index (χ1) is 8.89. The van der Waals surface area contributed by atoms with E-state index < -0.39 is 15.0 Å². The Morgan fingerprint density at radius 1 is 1.53 bits per heavy atom. The lowest BCUT2D eigenvalue weighted by atomic mass is 10.1. The number of hydrogen-bond donors (Lipinski definition) is 0. The summed E-state index contributed by atoms with van der Waals surface area (Å²) in [5, 5.41) is 14.2. The molecule has 8 nitrogen and oxygen atoms in total. The van der Waals surface area contributed by atoms with Crippen molar-refractivity contribution in [2.45, 2.75) is 32.6 Å². The molecule has 1 aliphatic rings. The Balaban J connectivity index is 2.09. The van der Waals surface area contributed by atoms with Gasteiger partial charge in [0.25, 0.3) is 0 Å². The van der Waals surface area contributed by atoms with Crippen LogP contribution in [0.5, 0.6) is 0 Å². The normalized spacial score (nSPS) is 16.7. The third-order valence-corrected chi connectivity index (χ3v) is 4.49. The molecule has 0 saturated heterocycles. The van der Waals surface area contributed by atoms with E-state index in [0.29, 0.717) is 4.85 Å². The largest absolute Gasteiger partial charge is 0.328 e. The fourth-order valence-corrected chi connectivity index (χ4v) is 3.58. The van der Waals surface area contributed by atoms with Crippen LogP contribution in [0.25, 0.3) is 0 Å². The van der Waals surface area contributed by atoms with E-state index in [0.717, 1.165) is 31.9 Å². The van der Waals surface area contributed by atoms with Crippen molar-refractivity contribution in [3.05, 3.63) is 22.0 Å². The Morgan fingerprint density at radius 2 is 2.16 bits per heavy atom. The summed E-state index contributed by atoms with van der Waals surface area (Å²) in [4.78, 5) is 10.7. The van der Waals surface area contributed by atoms with E-state index in [1.165, 1.54) is 6.92 Å². The molecule has 0 radical (unpaired) electrons. The van der Waals surface area contributed by atoms with Gasteiger partial charge in [0.05, 0.1) is 10.7 Å². The standard InChI is InChI=1S/C10H15N3O5S/c1-8-10(13(14)15)6-11-12(8)18-19(16,17)7-9-4-2-3-5-9/h6,9H,2-5,7H2,1H3. The van der Waals surface area contributed by atoms with Gasteiger partial charge in [0.15, 0.2) is 5.69 Å². The van der Waals surface area contributed by atoms with Gasteiger partial charge in [0, 0.05) is 0 Å². The predicted molar refractivity (Wildman–Crippen MR) is 65.9 cm³/mol. The summed E-state index contributed by atoms with van der Waals surface area (Å²) in [5.74, 6) is 0.0379. The third-order valence-electron chi connectivity index (χ3n) is 3.24. The van der Waals surface area contributed by atoms with Gasteiger partial charge >= 0.3 is 15.8 Å². The second kappa shape index (κ2) is 5.16. The van der Waals surface area contributed by atoms with Gasteiger partial charge in [-0.3, -0.25) is 14.4 Å². The van der Waals surface area contributed by atoms with E-state index in [-0.39, 0.29) is 23.1 Å². The molecule has 0 aliphatic heterocycles. The summed E-state index contributed by atoms with van der Waals surface area (Å²) in [5.41, 5.74) is -0.212. The molecule has 0 spiro atoms. The van der Waals surface area contributed by atoms with E-state index in [9.17, 15) is 18.5 Å². The minimum atomic E-state index is -3.78. The third kappa shape index (κ3) is 3.22. The second-order valence-corrected chi connectivity index (χ2v) is 6.29. The smallest absolute Gasteiger partial charge is 0.269 e. The molecule has 106 valence electrons. The number of nitrogens with zero attached hydrogens (tertiary/aromatic N) is 3. The number of nitro groups is 1. The van der Waals surface area contributed by atoms with E-state index >= 15 is 0 Å². The molecule has 0 bridgehead atoms. The van der Waals surface area contributed by atoms with Gasteiger partial charge in [-0.1, -0.05) is 17.7 Å². The minimum absolute atomic E-state index is 0.0556. The van der Waals surface area contributed by atoms with E-state index in [1.807, 2.05) is 0 Å². The summed E-state index contributed by atoms with van der Waals surface area (Å²) < 4.78 is 28.5. The molecule has 0 aromatic carbocycles. The summed E-state index contributed by atoms with van der Waals surface area (Å²) >= 11 is 0. The summed E-state index contributed by atoms with van der Waals surface area (Å²) in [6.07, 6.45) is 4.79. The van der Waals surface area contributed by atoms with Crippen molar-refractivity contribution in [2.24, 2.45) is 5.92 Å². The highest BCUT2D eigenvalue weighted by Crippen LogP contribution is 2.26. The molecule has 0 amide bonds. The van der Waals surface area contributed by atoms with Crippen LogP contribution in [0, 0.1) is 23.0 Å². The Labute approximate surface area is 110 Å². The molecular weight excluding hydrogens is 274 g/mol. The minimum Gasteiger partial charge on any atom is -0.269 e. The van der Waals surface area contributed by atoms with Crippen LogP contribution in [0.3, 0.4) is 0 Å². The van der Waals surface area contributed by atoms with Gasteiger partial charge in [-0.2, -0.15) is 8.42 Å². The topological polar surface area (TPSA) is 104 Å². The molecule has 0 unspecified atom stereocenters. The van der Waals surface area contributed by atoms with Crippen molar-refractivity contribution in [1.82, 2.24) is 9.94 Å². The maximum Gasteiger partial charge on any atom is 0.328 e. The van der Waals surface area contributed by atoms with Crippen molar-refractivity contribution in [3.63, 3.8) is 0 Å². The summed E-state index contributed by atoms with van der Waals surface area (Å²) in [7, 11) is -3.78. The lowest BCUT2D eigenvalue weighted by Gasteiger charge is -2.10. The Morgan fingerprint density at radius 3 is 2.68 bits per heavy atom. The van der Waals surface area contributed by atoms with Crippen LogP contribution >= 0.6 is 0 Å². The average Bonchev–Trinajstić information content (AvgIpc) is 2.89. The maximum atomic E-state index is 11.8. The molecule has 0 N–H and O–H groups in total. The zero-order valence-corrected chi connectivity index (χ0v) is 11.3. The first-order valence-corrected chi connectivity index (χ1v) is 7.58. The lowest BCUT2D eigenvalue weighted by Crippen LogP contribution is -2.27. The highest BCUT2D eigenvalue weighted by Gasteiger charge is 2.26. The Hall–Kier alpha value is -1.64. The molecule has 1 saturated carbocycles. The molecule has 0 atom stereocenters. The number of aromatic nitrogens is 2. The zero-order chi connectivity index (χ0) is 14.0. The molecule has 9 heteroatoms. The summed E-state index contributed by atoms with van der Waals surface area (Å²) in [6, 6.07) is 0. The first-order valence-electron chi connectivity index (χ1n) is 6.01. The second-order valence-electron chi connectivity index (χ2n) is 4.69. The Kier molecular flexibility index (Phi) is 3.74. The first kappa shape index (κ1) is 13.8. The lowest BCUT2D eigenvalue weighted by molar-refractivity contribution is -0.385. The van der Waals surface area contributed by atoms with E-state index in [4.69, 9.17) is 4.28 Å². The quantitative estimate of drug-likeness (QED) is 0.592. The van der Waals surface area contributed by atoms with Crippen LogP contribution in [-0.4, -0.2) is 29.0 Å². The van der Waals surface area contributed by atoms with Gasteiger partial charge in [0.1, 0.15) is 6.20 Å². The van der Waals surface area contributed by atoms with E-state index in [2.05, 4.69) is 5.10 Å². The predicted octanol–water partition coefficient (Wildman–Crippen LogP) is 1.05. The average molecular weight is 289 g/mol. The molecule has 1 heterocycles. The Bertz CT molecular complexity index is 574. The van der Waals surface area contributed by atoms with Crippen LogP contribution in [0.2, 0.25) is 0 Å². The highest BCUT2D eigenvalue weighted by atomic mass is 32.2. The van der Waals surface area contributed by atoms with Gasteiger partial charge in [0.2, 0.25) is 0 Å². The van der Waals surface area contributed by atoms with Crippen LogP contribution in [0.1, 0.15) is 31.4 Å². The monoisotopic (exact) mass is 289 g/mol. The van der Waals surface area contributed by atoms with Crippen molar-refractivity contribution in [3.8, 4) is 0 Å². The van der Waals surface area contributed by atoms with Gasteiger partial charge in [-0.05, 0) is 25.7 Å². The zero-order valence-electron chi connectivity index (χ0n) is 10.5. The SMILES string of the molecule is Cc1c([N+](=O)[O-])cnn1OS(=O)(=O)CC1CCCC1. The fraction of sp³-hybridized carbons (Fsp3) is 0.700. The van der Waals surface area contributed by atoms with Crippen LogP contribution in [0.15, 0.2) is 6.20 Å². The van der Waals surface area contributed by atoms with Crippen LogP contribution in [-0.2, 0) is 10.1 Å². The molecule has 19 heavy (non-hydrogen) atoms. The van der Waals surface area contributed by atoms with Crippen LogP contribution < -0.4 is 4.28 Å². The fourth-order valence-electron chi connectivity index (χ4n) is 2.24. The molecule has 2 rings (SSSR count). The van der Waals surface area contributed by atoms with E-state index in [1.54, 1.807) is 0 Å². The van der Waals surface area contributed by atoms with Crippen LogP contribution in [0.4, 0.5) is 5.69 Å². The molecule has 1 aromatic rings. The van der Waals surface area contributed by atoms with Crippen molar-refractivity contribution in [2.75, 3.05) is 5.75 Å². The van der Waals surface area contributed by atoms with Gasteiger partial charge < -0.3 is 0 Å². The van der Waals surface area contributed by atoms with Crippen molar-refractivity contribution in [1.29, 1.82) is 0 Å². The van der Waals surface area contributed by atoms with Crippen molar-refractivity contribution < 1.29 is 17.6 Å². The molecule has 1 fully saturated rings.